The maximum atomic E-state index is 6.19. The Balaban J connectivity index is 1.49. The number of nitrogens with one attached hydrogen (secondary N) is 1. The van der Waals surface area contributed by atoms with E-state index in [1.807, 2.05) is 35.1 Å². The van der Waals surface area contributed by atoms with Crippen LogP contribution in [0.3, 0.4) is 0 Å². The maximum Gasteiger partial charge on any atom is 0.254 e. The number of hydrogen-bond donors (Lipinski definition) is 1. The van der Waals surface area contributed by atoms with Crippen LogP contribution in [-0.2, 0) is 6.67 Å². The van der Waals surface area contributed by atoms with Gasteiger partial charge >= 0.3 is 0 Å². The molecule has 3 heterocycles. The number of rotatable bonds is 3. The van der Waals surface area contributed by atoms with Crippen LogP contribution in [0.4, 0.5) is 5.69 Å². The zero-order valence-electron chi connectivity index (χ0n) is 15.9. The lowest BCUT2D eigenvalue weighted by Gasteiger charge is -2.34. The summed E-state index contributed by atoms with van der Waals surface area (Å²) in [5.74, 6) is 0.685. The summed E-state index contributed by atoms with van der Waals surface area (Å²) in [6, 6.07) is 8.14. The minimum atomic E-state index is 0.685. The lowest BCUT2D eigenvalue weighted by molar-refractivity contribution is -0.924. The normalized spacial score (nSPS) is 15.6. The van der Waals surface area contributed by atoms with Gasteiger partial charge in [-0.25, -0.2) is 4.98 Å². The second-order valence-corrected chi connectivity index (χ2v) is 8.08. The third-order valence-electron chi connectivity index (χ3n) is 5.22. The molecule has 0 radical (unpaired) electrons. The van der Waals surface area contributed by atoms with E-state index in [4.69, 9.17) is 23.8 Å². The number of aromatic nitrogens is 4. The van der Waals surface area contributed by atoms with Gasteiger partial charge in [0.25, 0.3) is 5.78 Å². The highest BCUT2D eigenvalue weighted by Gasteiger charge is 2.22. The van der Waals surface area contributed by atoms with Gasteiger partial charge in [-0.2, -0.15) is 4.68 Å². The van der Waals surface area contributed by atoms with Crippen LogP contribution >= 0.6 is 23.8 Å². The van der Waals surface area contributed by atoms with Crippen LogP contribution in [0, 0.1) is 25.5 Å². The molecule has 1 N–H and O–H groups in total. The molecular weight excluding hydrogens is 380 g/mol. The molecule has 1 saturated heterocycles. The van der Waals surface area contributed by atoms with Crippen LogP contribution in [0.2, 0.25) is 5.02 Å². The van der Waals surface area contributed by atoms with Crippen molar-refractivity contribution in [2.24, 2.45) is 0 Å². The highest BCUT2D eigenvalue weighted by atomic mass is 35.5. The molecule has 3 aromatic rings. The zero-order chi connectivity index (χ0) is 19.1. The Hall–Kier alpha value is -1.96. The molecule has 1 fully saturated rings. The number of hydrogen-bond acceptors (Lipinski definition) is 4. The van der Waals surface area contributed by atoms with Gasteiger partial charge in [-0.15, -0.1) is 5.10 Å². The molecule has 0 unspecified atom stereocenters. The minimum absolute atomic E-state index is 0.685. The van der Waals surface area contributed by atoms with Crippen LogP contribution in [0.1, 0.15) is 17.0 Å². The van der Waals surface area contributed by atoms with E-state index in [1.54, 1.807) is 0 Å². The van der Waals surface area contributed by atoms with Gasteiger partial charge in [0, 0.05) is 22.1 Å². The summed E-state index contributed by atoms with van der Waals surface area (Å²) in [7, 11) is 0. The molecule has 0 amide bonds. The molecule has 0 aliphatic carbocycles. The van der Waals surface area contributed by atoms with Crippen LogP contribution < -0.4 is 9.80 Å². The van der Waals surface area contributed by atoms with E-state index in [0.29, 0.717) is 5.78 Å². The van der Waals surface area contributed by atoms with Gasteiger partial charge in [-0.3, -0.25) is 4.40 Å². The van der Waals surface area contributed by atoms with Crippen molar-refractivity contribution in [1.29, 1.82) is 0 Å². The van der Waals surface area contributed by atoms with E-state index < -0.39 is 0 Å². The number of nitrogens with zero attached hydrogens (tertiary/aromatic N) is 5. The van der Waals surface area contributed by atoms with E-state index in [9.17, 15) is 0 Å². The average Bonchev–Trinajstić information content (AvgIpc) is 2.93. The molecule has 142 valence electrons. The summed E-state index contributed by atoms with van der Waals surface area (Å²) in [4.78, 5) is 8.41. The molecule has 0 bridgehead atoms. The second kappa shape index (κ2) is 7.22. The van der Waals surface area contributed by atoms with Crippen molar-refractivity contribution in [3.05, 3.63) is 51.0 Å². The quantitative estimate of drug-likeness (QED) is 0.681. The summed E-state index contributed by atoms with van der Waals surface area (Å²) in [6.45, 7) is 11.0. The molecule has 6 nitrogen and oxygen atoms in total. The number of anilines is 1. The first-order valence-electron chi connectivity index (χ1n) is 9.21. The Morgan fingerprint density at radius 2 is 1.89 bits per heavy atom. The lowest BCUT2D eigenvalue weighted by Crippen LogP contribution is -3.14. The van der Waals surface area contributed by atoms with Gasteiger partial charge in [0.2, 0.25) is 4.77 Å². The lowest BCUT2D eigenvalue weighted by atomic mass is 10.1. The molecule has 1 aliphatic rings. The highest BCUT2D eigenvalue weighted by Crippen LogP contribution is 2.24. The Morgan fingerprint density at radius 1 is 1.15 bits per heavy atom. The molecule has 2 aromatic heterocycles. The number of aryl methyl sites for hydroxylation is 3. The molecule has 4 rings (SSSR count). The Labute approximate surface area is 169 Å². The van der Waals surface area contributed by atoms with E-state index in [0.717, 1.165) is 54.0 Å². The van der Waals surface area contributed by atoms with Crippen LogP contribution in [0.5, 0.6) is 0 Å². The van der Waals surface area contributed by atoms with Crippen molar-refractivity contribution >= 4 is 35.3 Å². The number of quaternary nitrogens is 1. The summed E-state index contributed by atoms with van der Waals surface area (Å²) in [6.07, 6.45) is 0. The van der Waals surface area contributed by atoms with Crippen LogP contribution in [0.15, 0.2) is 24.3 Å². The molecule has 0 spiro atoms. The first-order valence-corrected chi connectivity index (χ1v) is 9.99. The standard InChI is InChI=1S/C19H23ClN6S/c1-13-4-5-16(20)11-17(13)24-8-6-23(7-9-24)12-25-19(27)26-15(3)10-14(2)21-18(26)22-25/h4-5,10-11H,6-9,12H2,1-3H3/p+1. The number of halogens is 1. The molecular formula is C19H24ClN6S+. The molecule has 0 saturated carbocycles. The first kappa shape index (κ1) is 18.4. The smallest absolute Gasteiger partial charge is 0.254 e. The fourth-order valence-corrected chi connectivity index (χ4v) is 4.29. The van der Waals surface area contributed by atoms with E-state index in [2.05, 4.69) is 34.0 Å². The van der Waals surface area contributed by atoms with Crippen molar-refractivity contribution in [2.75, 3.05) is 31.1 Å². The first-order chi connectivity index (χ1) is 12.9. The zero-order valence-corrected chi connectivity index (χ0v) is 17.4. The summed E-state index contributed by atoms with van der Waals surface area (Å²) in [5.41, 5.74) is 4.54. The van der Waals surface area contributed by atoms with Crippen LogP contribution in [-0.4, -0.2) is 45.3 Å². The van der Waals surface area contributed by atoms with E-state index >= 15 is 0 Å². The maximum absolute atomic E-state index is 6.19. The van der Waals surface area contributed by atoms with E-state index in [1.165, 1.54) is 16.2 Å². The molecule has 8 heteroatoms. The average molecular weight is 404 g/mol. The third kappa shape index (κ3) is 3.59. The topological polar surface area (TPSA) is 42.8 Å². The van der Waals surface area contributed by atoms with Gasteiger partial charge in [-0.1, -0.05) is 17.7 Å². The van der Waals surface area contributed by atoms with Gasteiger partial charge in [0.1, 0.15) is 0 Å². The largest absolute Gasteiger partial charge is 0.360 e. The molecule has 0 atom stereocenters. The predicted molar refractivity (Wildman–Crippen MR) is 110 cm³/mol. The van der Waals surface area contributed by atoms with Gasteiger partial charge in [0.05, 0.1) is 26.2 Å². The fourth-order valence-electron chi connectivity index (χ4n) is 3.79. The Bertz CT molecular complexity index is 1050. The number of piperazine rings is 1. The number of fused-ring (bicyclic) bond motifs is 1. The van der Waals surface area contributed by atoms with E-state index in [-0.39, 0.29) is 0 Å². The predicted octanol–water partition coefficient (Wildman–Crippen LogP) is 2.20. The molecule has 27 heavy (non-hydrogen) atoms. The van der Waals surface area contributed by atoms with Crippen molar-refractivity contribution in [3.63, 3.8) is 0 Å². The SMILES string of the molecule is Cc1cc(C)n2c(=S)n(C[NH+]3CCN(c4cc(Cl)ccc4C)CC3)nc2n1. The van der Waals surface area contributed by atoms with Crippen LogP contribution in [0.25, 0.3) is 5.78 Å². The summed E-state index contributed by atoms with van der Waals surface area (Å²) < 4.78 is 4.59. The Kier molecular flexibility index (Phi) is 4.92. The van der Waals surface area contributed by atoms with Gasteiger partial charge in [-0.05, 0) is 56.8 Å². The Morgan fingerprint density at radius 3 is 2.63 bits per heavy atom. The second-order valence-electron chi connectivity index (χ2n) is 7.28. The highest BCUT2D eigenvalue weighted by molar-refractivity contribution is 7.71. The van der Waals surface area contributed by atoms with Crippen molar-refractivity contribution in [3.8, 4) is 0 Å². The third-order valence-corrected chi connectivity index (χ3v) is 5.85. The minimum Gasteiger partial charge on any atom is -0.360 e. The monoisotopic (exact) mass is 403 g/mol. The van der Waals surface area contributed by atoms with Crippen molar-refractivity contribution < 1.29 is 4.90 Å². The molecule has 1 aromatic carbocycles. The van der Waals surface area contributed by atoms with Crippen molar-refractivity contribution in [2.45, 2.75) is 27.4 Å². The van der Waals surface area contributed by atoms with Crippen molar-refractivity contribution in [1.82, 2.24) is 19.2 Å². The van der Waals surface area contributed by atoms with Gasteiger partial charge in [0.15, 0.2) is 6.67 Å². The number of benzene rings is 1. The fraction of sp³-hybridized carbons (Fsp3) is 0.421. The molecule has 1 aliphatic heterocycles. The summed E-state index contributed by atoms with van der Waals surface area (Å²) >= 11 is 11.8. The summed E-state index contributed by atoms with van der Waals surface area (Å²) in [5, 5.41) is 5.43. The van der Waals surface area contributed by atoms with Gasteiger partial charge < -0.3 is 9.80 Å².